The Morgan fingerprint density at radius 1 is 1.67 bits per heavy atom. The molecule has 1 aliphatic carbocycles. The van der Waals surface area contributed by atoms with E-state index in [9.17, 15) is 15.2 Å². The van der Waals surface area contributed by atoms with Crippen molar-refractivity contribution in [2.24, 2.45) is 0 Å². The summed E-state index contributed by atoms with van der Waals surface area (Å²) in [6, 6.07) is 0.105. The molecule has 0 bridgehead atoms. The fourth-order valence-corrected chi connectivity index (χ4v) is 2.12. The quantitative estimate of drug-likeness (QED) is 0.588. The highest BCUT2D eigenvalue weighted by atomic mass is 16.6. The fraction of sp³-hybridized carbons (Fsp3) is 0.667. The number of aliphatic hydroxyl groups excluding tert-OH is 1. The van der Waals surface area contributed by atoms with Gasteiger partial charge in [-0.05, 0) is 26.2 Å². The molecular formula is C9H13N3O3. The Labute approximate surface area is 86.7 Å². The van der Waals surface area contributed by atoms with Crippen LogP contribution in [0.1, 0.15) is 31.0 Å². The van der Waals surface area contributed by atoms with Crippen LogP contribution in [0, 0.1) is 17.0 Å². The molecule has 1 aromatic heterocycles. The van der Waals surface area contributed by atoms with Gasteiger partial charge in [0, 0.05) is 0 Å². The minimum atomic E-state index is -0.426. The van der Waals surface area contributed by atoms with E-state index < -0.39 is 4.92 Å². The van der Waals surface area contributed by atoms with E-state index in [1.165, 1.54) is 6.20 Å². The van der Waals surface area contributed by atoms with Crippen molar-refractivity contribution in [3.8, 4) is 0 Å². The number of nitro groups is 1. The maximum atomic E-state index is 10.6. The lowest BCUT2D eigenvalue weighted by molar-refractivity contribution is -0.385. The SMILES string of the molecule is Cc1c([N+](=O)[O-])cnn1C1CCC(O)C1. The van der Waals surface area contributed by atoms with E-state index in [1.807, 2.05) is 0 Å². The van der Waals surface area contributed by atoms with Crippen molar-refractivity contribution >= 4 is 5.69 Å². The monoisotopic (exact) mass is 211 g/mol. The van der Waals surface area contributed by atoms with E-state index in [1.54, 1.807) is 11.6 Å². The highest BCUT2D eigenvalue weighted by Gasteiger charge is 2.28. The van der Waals surface area contributed by atoms with Gasteiger partial charge in [-0.25, -0.2) is 0 Å². The summed E-state index contributed by atoms with van der Waals surface area (Å²) < 4.78 is 1.66. The van der Waals surface area contributed by atoms with Gasteiger partial charge in [0.2, 0.25) is 0 Å². The van der Waals surface area contributed by atoms with Gasteiger partial charge in [0.25, 0.3) is 0 Å². The summed E-state index contributed by atoms with van der Waals surface area (Å²) in [6.45, 7) is 1.69. The lowest BCUT2D eigenvalue weighted by atomic mass is 10.2. The number of rotatable bonds is 2. The molecule has 6 heteroatoms. The van der Waals surface area contributed by atoms with Crippen LogP contribution >= 0.6 is 0 Å². The second-order valence-electron chi connectivity index (χ2n) is 3.94. The molecule has 1 saturated carbocycles. The molecule has 6 nitrogen and oxygen atoms in total. The summed E-state index contributed by atoms with van der Waals surface area (Å²) in [5.74, 6) is 0. The van der Waals surface area contributed by atoms with Crippen molar-refractivity contribution in [3.63, 3.8) is 0 Å². The Kier molecular flexibility index (Phi) is 2.44. The Balaban J connectivity index is 2.26. The molecule has 0 radical (unpaired) electrons. The van der Waals surface area contributed by atoms with Crippen LogP contribution in [0.3, 0.4) is 0 Å². The lowest BCUT2D eigenvalue weighted by Crippen LogP contribution is -2.10. The van der Waals surface area contributed by atoms with Crippen LogP contribution in [0.25, 0.3) is 0 Å². The van der Waals surface area contributed by atoms with Crippen molar-refractivity contribution in [1.29, 1.82) is 0 Å². The topological polar surface area (TPSA) is 81.2 Å². The van der Waals surface area contributed by atoms with Gasteiger partial charge in [-0.2, -0.15) is 5.10 Å². The molecule has 82 valence electrons. The van der Waals surface area contributed by atoms with Gasteiger partial charge >= 0.3 is 5.69 Å². The van der Waals surface area contributed by atoms with E-state index in [4.69, 9.17) is 0 Å². The molecule has 0 spiro atoms. The molecule has 1 aliphatic rings. The van der Waals surface area contributed by atoms with Gasteiger partial charge in [-0.15, -0.1) is 0 Å². The molecule has 1 N–H and O–H groups in total. The molecule has 2 rings (SSSR count). The van der Waals surface area contributed by atoms with Gasteiger partial charge in [0.15, 0.2) is 0 Å². The molecule has 2 unspecified atom stereocenters. The summed E-state index contributed by atoms with van der Waals surface area (Å²) in [4.78, 5) is 10.2. The molecule has 0 aromatic carbocycles. The predicted octanol–water partition coefficient (Wildman–Crippen LogP) is 1.19. The first kappa shape index (κ1) is 10.1. The van der Waals surface area contributed by atoms with Crippen molar-refractivity contribution in [2.75, 3.05) is 0 Å². The maximum Gasteiger partial charge on any atom is 0.309 e. The molecule has 2 atom stereocenters. The van der Waals surface area contributed by atoms with Gasteiger partial charge in [-0.1, -0.05) is 0 Å². The summed E-state index contributed by atoms with van der Waals surface area (Å²) in [5.41, 5.74) is 0.621. The minimum absolute atomic E-state index is 0.0522. The van der Waals surface area contributed by atoms with Gasteiger partial charge in [-0.3, -0.25) is 14.8 Å². The largest absolute Gasteiger partial charge is 0.393 e. The Morgan fingerprint density at radius 3 is 2.87 bits per heavy atom. The van der Waals surface area contributed by atoms with Crippen LogP contribution in [-0.2, 0) is 0 Å². The van der Waals surface area contributed by atoms with Crippen LogP contribution in [0.4, 0.5) is 5.69 Å². The molecule has 1 fully saturated rings. The zero-order valence-electron chi connectivity index (χ0n) is 8.46. The van der Waals surface area contributed by atoms with E-state index in [0.717, 1.165) is 12.8 Å². The van der Waals surface area contributed by atoms with Crippen LogP contribution < -0.4 is 0 Å². The fourth-order valence-electron chi connectivity index (χ4n) is 2.12. The number of aromatic nitrogens is 2. The highest BCUT2D eigenvalue weighted by Crippen LogP contribution is 2.32. The summed E-state index contributed by atoms with van der Waals surface area (Å²) in [6.07, 6.45) is 3.20. The molecule has 0 amide bonds. The number of hydrogen-bond donors (Lipinski definition) is 1. The van der Waals surface area contributed by atoms with Gasteiger partial charge in [0.1, 0.15) is 11.9 Å². The Morgan fingerprint density at radius 2 is 2.40 bits per heavy atom. The summed E-state index contributed by atoms with van der Waals surface area (Å²) >= 11 is 0. The minimum Gasteiger partial charge on any atom is -0.393 e. The average Bonchev–Trinajstić information content (AvgIpc) is 2.71. The van der Waals surface area contributed by atoms with E-state index in [-0.39, 0.29) is 17.8 Å². The van der Waals surface area contributed by atoms with E-state index in [2.05, 4.69) is 5.10 Å². The third-order valence-corrected chi connectivity index (χ3v) is 2.94. The van der Waals surface area contributed by atoms with Gasteiger partial charge in [0.05, 0.1) is 17.1 Å². The standard InChI is InChI=1S/C9H13N3O3/c1-6-9(12(14)15)5-10-11(6)7-2-3-8(13)4-7/h5,7-8,13H,2-4H2,1H3. The van der Waals surface area contributed by atoms with Crippen molar-refractivity contribution < 1.29 is 10.0 Å². The number of hydrogen-bond acceptors (Lipinski definition) is 4. The third-order valence-electron chi connectivity index (χ3n) is 2.94. The summed E-state index contributed by atoms with van der Waals surface area (Å²) in [7, 11) is 0. The number of aliphatic hydroxyl groups is 1. The molecule has 15 heavy (non-hydrogen) atoms. The average molecular weight is 211 g/mol. The van der Waals surface area contributed by atoms with Crippen molar-refractivity contribution in [3.05, 3.63) is 22.0 Å². The van der Waals surface area contributed by atoms with Crippen molar-refractivity contribution in [1.82, 2.24) is 9.78 Å². The second kappa shape index (κ2) is 3.62. The zero-order valence-corrected chi connectivity index (χ0v) is 8.46. The van der Waals surface area contributed by atoms with Crippen LogP contribution in [-0.4, -0.2) is 25.9 Å². The number of nitrogens with zero attached hydrogens (tertiary/aromatic N) is 3. The van der Waals surface area contributed by atoms with Crippen molar-refractivity contribution in [2.45, 2.75) is 38.3 Å². The first-order chi connectivity index (χ1) is 7.09. The Bertz CT molecular complexity index is 388. The highest BCUT2D eigenvalue weighted by molar-refractivity contribution is 5.32. The van der Waals surface area contributed by atoms with Crippen LogP contribution in [0.5, 0.6) is 0 Å². The zero-order chi connectivity index (χ0) is 11.0. The summed E-state index contributed by atoms with van der Waals surface area (Å²) in [5, 5.41) is 24.0. The maximum absolute atomic E-state index is 10.6. The molecular weight excluding hydrogens is 198 g/mol. The third kappa shape index (κ3) is 1.72. The van der Waals surface area contributed by atoms with E-state index >= 15 is 0 Å². The van der Waals surface area contributed by atoms with Crippen LogP contribution in [0.2, 0.25) is 0 Å². The molecule has 0 aliphatic heterocycles. The smallest absolute Gasteiger partial charge is 0.309 e. The first-order valence-corrected chi connectivity index (χ1v) is 4.96. The Hall–Kier alpha value is -1.43. The van der Waals surface area contributed by atoms with Gasteiger partial charge < -0.3 is 5.11 Å². The van der Waals surface area contributed by atoms with E-state index in [0.29, 0.717) is 12.1 Å². The van der Waals surface area contributed by atoms with Crippen LogP contribution in [0.15, 0.2) is 6.20 Å². The molecule has 1 aromatic rings. The first-order valence-electron chi connectivity index (χ1n) is 4.96. The lowest BCUT2D eigenvalue weighted by Gasteiger charge is -2.11. The molecule has 1 heterocycles. The molecule has 0 saturated heterocycles. The second-order valence-corrected chi connectivity index (χ2v) is 3.94. The predicted molar refractivity (Wildman–Crippen MR) is 52.5 cm³/mol. The normalized spacial score (nSPS) is 25.7.